The average Bonchev–Trinajstić information content (AvgIpc) is 2.41. The first kappa shape index (κ1) is 14.4. The first-order chi connectivity index (χ1) is 9.15. The zero-order valence-corrected chi connectivity index (χ0v) is 13.5. The van der Waals surface area contributed by atoms with Crippen molar-refractivity contribution in [2.45, 2.75) is 6.54 Å². The molecule has 0 aliphatic heterocycles. The average molecular weight is 387 g/mol. The van der Waals surface area contributed by atoms with Gasteiger partial charge in [-0.3, -0.25) is 0 Å². The highest BCUT2D eigenvalue weighted by Crippen LogP contribution is 2.35. The maximum absolute atomic E-state index is 5.90. The molecule has 0 saturated heterocycles. The quantitative estimate of drug-likeness (QED) is 0.842. The number of nitrogens with two attached hydrogens (primary N) is 1. The molecular weight excluding hydrogens is 374 g/mol. The van der Waals surface area contributed by atoms with Gasteiger partial charge in [-0.05, 0) is 46.3 Å². The summed E-state index contributed by atoms with van der Waals surface area (Å²) >= 11 is 6.93. The molecule has 0 fully saturated rings. The molecular formula is C14H13Br2NO2. The van der Waals surface area contributed by atoms with Crippen LogP contribution in [0.15, 0.2) is 45.3 Å². The Morgan fingerprint density at radius 1 is 1.05 bits per heavy atom. The summed E-state index contributed by atoms with van der Waals surface area (Å²) in [7, 11) is 1.63. The summed E-state index contributed by atoms with van der Waals surface area (Å²) in [5.41, 5.74) is 6.68. The smallest absolute Gasteiger partial charge is 0.141 e. The normalized spacial score (nSPS) is 10.3. The predicted molar refractivity (Wildman–Crippen MR) is 82.8 cm³/mol. The van der Waals surface area contributed by atoms with Crippen molar-refractivity contribution < 1.29 is 9.47 Å². The summed E-state index contributed by atoms with van der Waals surface area (Å²) in [4.78, 5) is 0. The first-order valence-corrected chi connectivity index (χ1v) is 7.23. The van der Waals surface area contributed by atoms with Crippen LogP contribution >= 0.6 is 31.9 Å². The van der Waals surface area contributed by atoms with E-state index in [0.717, 1.165) is 26.0 Å². The van der Waals surface area contributed by atoms with Gasteiger partial charge in [-0.15, -0.1) is 0 Å². The largest absolute Gasteiger partial charge is 0.497 e. The molecule has 0 radical (unpaired) electrons. The Hall–Kier alpha value is -1.04. The second kappa shape index (κ2) is 6.41. The predicted octanol–water partition coefficient (Wildman–Crippen LogP) is 4.47. The van der Waals surface area contributed by atoms with Crippen molar-refractivity contribution in [3.05, 3.63) is 50.9 Å². The van der Waals surface area contributed by atoms with Gasteiger partial charge in [0.15, 0.2) is 0 Å². The Balaban J connectivity index is 2.34. The Morgan fingerprint density at radius 2 is 1.84 bits per heavy atom. The minimum atomic E-state index is 0.407. The van der Waals surface area contributed by atoms with Crippen LogP contribution in [0.25, 0.3) is 0 Å². The second-order valence-corrected chi connectivity index (χ2v) is 5.53. The summed E-state index contributed by atoms with van der Waals surface area (Å²) in [6, 6.07) is 11.3. The number of methoxy groups -OCH3 is 1. The van der Waals surface area contributed by atoms with E-state index in [4.69, 9.17) is 15.2 Å². The lowest BCUT2D eigenvalue weighted by molar-refractivity contribution is 0.412. The van der Waals surface area contributed by atoms with Gasteiger partial charge in [-0.1, -0.05) is 22.0 Å². The highest BCUT2D eigenvalue weighted by Gasteiger charge is 2.09. The Labute approximate surface area is 129 Å². The molecule has 0 aliphatic carbocycles. The minimum absolute atomic E-state index is 0.407. The summed E-state index contributed by atoms with van der Waals surface area (Å²) in [6.45, 7) is 0.407. The molecule has 2 aromatic carbocycles. The number of hydrogen-bond donors (Lipinski definition) is 1. The fraction of sp³-hybridized carbons (Fsp3) is 0.143. The van der Waals surface area contributed by atoms with Crippen LogP contribution in [0.3, 0.4) is 0 Å². The third-order valence-corrected chi connectivity index (χ3v) is 4.00. The zero-order chi connectivity index (χ0) is 13.8. The standard InChI is InChI=1S/C14H13Br2NO2/c1-18-9-5-6-14(12(16)7-9)19-13-4-2-3-11(15)10(13)8-17/h2-7H,8,17H2,1H3. The van der Waals surface area contributed by atoms with Crippen LogP contribution in [0.4, 0.5) is 0 Å². The maximum atomic E-state index is 5.90. The van der Waals surface area contributed by atoms with Crippen LogP contribution in [0, 0.1) is 0 Å². The second-order valence-electron chi connectivity index (χ2n) is 3.82. The molecule has 0 spiro atoms. The van der Waals surface area contributed by atoms with Crippen molar-refractivity contribution in [2.24, 2.45) is 5.73 Å². The highest BCUT2D eigenvalue weighted by molar-refractivity contribution is 9.10. The van der Waals surface area contributed by atoms with Gasteiger partial charge in [0.1, 0.15) is 17.2 Å². The Kier molecular flexibility index (Phi) is 4.85. The molecule has 0 heterocycles. The van der Waals surface area contributed by atoms with E-state index in [9.17, 15) is 0 Å². The lowest BCUT2D eigenvalue weighted by Crippen LogP contribution is -2.00. The van der Waals surface area contributed by atoms with Crippen molar-refractivity contribution in [3.63, 3.8) is 0 Å². The van der Waals surface area contributed by atoms with Gasteiger partial charge >= 0.3 is 0 Å². The summed E-state index contributed by atoms with van der Waals surface area (Å²) < 4.78 is 12.8. The molecule has 0 unspecified atom stereocenters. The number of hydrogen-bond acceptors (Lipinski definition) is 3. The summed E-state index contributed by atoms with van der Waals surface area (Å²) in [6.07, 6.45) is 0. The van der Waals surface area contributed by atoms with E-state index in [1.165, 1.54) is 0 Å². The van der Waals surface area contributed by atoms with Gasteiger partial charge in [0, 0.05) is 16.6 Å². The molecule has 2 rings (SSSR count). The molecule has 0 saturated carbocycles. The Bertz CT molecular complexity index is 588. The van der Waals surface area contributed by atoms with Crippen LogP contribution in [0.2, 0.25) is 0 Å². The minimum Gasteiger partial charge on any atom is -0.497 e. The fourth-order valence-electron chi connectivity index (χ4n) is 1.64. The first-order valence-electron chi connectivity index (χ1n) is 5.64. The van der Waals surface area contributed by atoms with Crippen LogP contribution in [-0.2, 0) is 6.54 Å². The van der Waals surface area contributed by atoms with Gasteiger partial charge in [-0.2, -0.15) is 0 Å². The number of ether oxygens (including phenoxy) is 2. The molecule has 3 nitrogen and oxygen atoms in total. The highest BCUT2D eigenvalue weighted by atomic mass is 79.9. The van der Waals surface area contributed by atoms with Crippen molar-refractivity contribution in [1.82, 2.24) is 0 Å². The van der Waals surface area contributed by atoms with Crippen LogP contribution in [0.1, 0.15) is 5.56 Å². The molecule has 5 heteroatoms. The van der Waals surface area contributed by atoms with E-state index in [-0.39, 0.29) is 0 Å². The van der Waals surface area contributed by atoms with E-state index < -0.39 is 0 Å². The number of benzene rings is 2. The van der Waals surface area contributed by atoms with Crippen molar-refractivity contribution >= 4 is 31.9 Å². The summed E-state index contributed by atoms with van der Waals surface area (Å²) in [5, 5.41) is 0. The van der Waals surface area contributed by atoms with Gasteiger partial charge in [0.2, 0.25) is 0 Å². The number of halogens is 2. The lowest BCUT2D eigenvalue weighted by Gasteiger charge is -2.13. The van der Waals surface area contributed by atoms with Gasteiger partial charge in [-0.25, -0.2) is 0 Å². The Morgan fingerprint density at radius 3 is 2.47 bits per heavy atom. The molecule has 0 aliphatic rings. The SMILES string of the molecule is COc1ccc(Oc2cccc(Br)c2CN)c(Br)c1. The molecule has 0 amide bonds. The van der Waals surface area contributed by atoms with Crippen LogP contribution in [-0.4, -0.2) is 7.11 Å². The molecule has 0 bridgehead atoms. The molecule has 100 valence electrons. The van der Waals surface area contributed by atoms with Crippen molar-refractivity contribution in [3.8, 4) is 17.2 Å². The van der Waals surface area contributed by atoms with Gasteiger partial charge in [0.05, 0.1) is 11.6 Å². The van der Waals surface area contributed by atoms with Gasteiger partial charge in [0.25, 0.3) is 0 Å². The molecule has 2 aromatic rings. The van der Waals surface area contributed by atoms with Crippen LogP contribution in [0.5, 0.6) is 17.2 Å². The topological polar surface area (TPSA) is 44.5 Å². The van der Waals surface area contributed by atoms with Crippen molar-refractivity contribution in [1.29, 1.82) is 0 Å². The van der Waals surface area contributed by atoms with Crippen LogP contribution < -0.4 is 15.2 Å². The zero-order valence-electron chi connectivity index (χ0n) is 10.3. The maximum Gasteiger partial charge on any atom is 0.141 e. The molecule has 0 aromatic heterocycles. The molecule has 2 N–H and O–H groups in total. The third-order valence-electron chi connectivity index (χ3n) is 2.64. The van der Waals surface area contributed by atoms with E-state index >= 15 is 0 Å². The molecule has 0 atom stereocenters. The number of rotatable bonds is 4. The van der Waals surface area contributed by atoms with Crippen molar-refractivity contribution in [2.75, 3.05) is 7.11 Å². The van der Waals surface area contributed by atoms with E-state index in [1.807, 2.05) is 36.4 Å². The van der Waals surface area contributed by atoms with E-state index in [0.29, 0.717) is 12.3 Å². The van der Waals surface area contributed by atoms with Gasteiger partial charge < -0.3 is 15.2 Å². The monoisotopic (exact) mass is 385 g/mol. The van der Waals surface area contributed by atoms with E-state index in [1.54, 1.807) is 7.11 Å². The summed E-state index contributed by atoms with van der Waals surface area (Å²) in [5.74, 6) is 2.23. The lowest BCUT2D eigenvalue weighted by atomic mass is 10.2. The van der Waals surface area contributed by atoms with E-state index in [2.05, 4.69) is 31.9 Å². The molecule has 19 heavy (non-hydrogen) atoms. The fourth-order valence-corrected chi connectivity index (χ4v) is 2.59. The third kappa shape index (κ3) is 3.29.